The number of nitrogens with one attached hydrogen (secondary N) is 1. The summed E-state index contributed by atoms with van der Waals surface area (Å²) in [6.07, 6.45) is 0. The Balaban J connectivity index is 1.45. The van der Waals surface area contributed by atoms with Crippen LogP contribution in [-0.4, -0.2) is 11.8 Å². The van der Waals surface area contributed by atoms with E-state index in [2.05, 4.69) is 5.32 Å². The maximum atomic E-state index is 12.1. The molecule has 0 radical (unpaired) electrons. The molecule has 0 aliphatic rings. The number of benzene rings is 2. The van der Waals surface area contributed by atoms with E-state index in [1.807, 2.05) is 54.6 Å². The maximum absolute atomic E-state index is 12.1. The summed E-state index contributed by atoms with van der Waals surface area (Å²) in [6, 6.07) is 19.4. The summed E-state index contributed by atoms with van der Waals surface area (Å²) in [4.78, 5) is 23.7. The Kier molecular flexibility index (Phi) is 6.35. The van der Waals surface area contributed by atoms with Gasteiger partial charge in [0.15, 0.2) is 0 Å². The van der Waals surface area contributed by atoms with Gasteiger partial charge >= 0.3 is 0 Å². The zero-order valence-electron chi connectivity index (χ0n) is 14.7. The van der Waals surface area contributed by atoms with Crippen molar-refractivity contribution in [1.29, 1.82) is 0 Å². The van der Waals surface area contributed by atoms with Gasteiger partial charge in [0.05, 0.1) is 23.7 Å². The van der Waals surface area contributed by atoms with Crippen LogP contribution in [0.3, 0.4) is 0 Å². The van der Waals surface area contributed by atoms with E-state index in [1.54, 1.807) is 5.38 Å². The molecule has 138 valence electrons. The molecule has 2 aromatic carbocycles. The molecule has 0 saturated carbocycles. The topological polar surface area (TPSA) is 81.4 Å². The van der Waals surface area contributed by atoms with Crippen LogP contribution in [0.25, 0.3) is 0 Å². The lowest BCUT2D eigenvalue weighted by atomic mass is 10.1. The van der Waals surface area contributed by atoms with Crippen LogP contribution in [0.2, 0.25) is 0 Å². The number of carbonyl (C=O) groups excluding carboxylic acids is 2. The fraction of sp³-hybridized carbons (Fsp3) is 0.143. The van der Waals surface area contributed by atoms with Gasteiger partial charge in [0.1, 0.15) is 0 Å². The van der Waals surface area contributed by atoms with Gasteiger partial charge in [-0.1, -0.05) is 54.6 Å². The van der Waals surface area contributed by atoms with Gasteiger partial charge < -0.3 is 15.8 Å². The second-order valence-corrected chi connectivity index (χ2v) is 6.95. The highest BCUT2D eigenvalue weighted by Crippen LogP contribution is 2.14. The Labute approximate surface area is 161 Å². The van der Waals surface area contributed by atoms with Gasteiger partial charge in [-0.05, 0) is 22.8 Å². The maximum Gasteiger partial charge on any atom is 0.261 e. The van der Waals surface area contributed by atoms with Crippen LogP contribution in [0.5, 0.6) is 0 Å². The van der Waals surface area contributed by atoms with Crippen LogP contribution in [0.1, 0.15) is 36.7 Å². The summed E-state index contributed by atoms with van der Waals surface area (Å²) < 4.78 is 5.72. The van der Waals surface area contributed by atoms with E-state index in [0.717, 1.165) is 16.7 Å². The SMILES string of the molecule is NC(=O)c1csc(C(=O)NCc2ccc(COCc3ccccc3)cc2)c1. The molecule has 0 saturated heterocycles. The second kappa shape index (κ2) is 9.12. The Morgan fingerprint density at radius 2 is 1.56 bits per heavy atom. The molecule has 3 aromatic rings. The lowest BCUT2D eigenvalue weighted by Gasteiger charge is -2.07. The number of rotatable bonds is 8. The van der Waals surface area contributed by atoms with Gasteiger partial charge in [0.25, 0.3) is 5.91 Å². The minimum absolute atomic E-state index is 0.220. The van der Waals surface area contributed by atoms with Gasteiger partial charge in [0.2, 0.25) is 5.91 Å². The van der Waals surface area contributed by atoms with E-state index in [9.17, 15) is 9.59 Å². The fourth-order valence-electron chi connectivity index (χ4n) is 2.47. The lowest BCUT2D eigenvalue weighted by Crippen LogP contribution is -2.22. The van der Waals surface area contributed by atoms with E-state index >= 15 is 0 Å². The summed E-state index contributed by atoms with van der Waals surface area (Å²) >= 11 is 1.20. The molecule has 0 bridgehead atoms. The Morgan fingerprint density at radius 3 is 2.19 bits per heavy atom. The van der Waals surface area contributed by atoms with Crippen LogP contribution in [0.4, 0.5) is 0 Å². The van der Waals surface area contributed by atoms with Crippen molar-refractivity contribution in [2.75, 3.05) is 0 Å². The molecule has 1 aromatic heterocycles. The van der Waals surface area contributed by atoms with Crippen molar-refractivity contribution in [2.45, 2.75) is 19.8 Å². The van der Waals surface area contributed by atoms with E-state index in [-0.39, 0.29) is 5.91 Å². The van der Waals surface area contributed by atoms with Crippen molar-refractivity contribution in [1.82, 2.24) is 5.32 Å². The molecule has 0 aliphatic heterocycles. The molecule has 2 amide bonds. The van der Waals surface area contributed by atoms with Gasteiger partial charge in [-0.15, -0.1) is 11.3 Å². The van der Waals surface area contributed by atoms with Crippen molar-refractivity contribution < 1.29 is 14.3 Å². The van der Waals surface area contributed by atoms with Crippen molar-refractivity contribution in [3.05, 3.63) is 93.2 Å². The molecule has 3 rings (SSSR count). The molecule has 5 nitrogen and oxygen atoms in total. The lowest BCUT2D eigenvalue weighted by molar-refractivity contribution is 0.0954. The zero-order valence-corrected chi connectivity index (χ0v) is 15.5. The normalized spacial score (nSPS) is 10.5. The first-order valence-corrected chi connectivity index (χ1v) is 9.36. The third-order valence-electron chi connectivity index (χ3n) is 3.96. The van der Waals surface area contributed by atoms with Gasteiger partial charge in [0, 0.05) is 11.9 Å². The zero-order chi connectivity index (χ0) is 19.1. The fourth-order valence-corrected chi connectivity index (χ4v) is 3.28. The van der Waals surface area contributed by atoms with E-state index in [1.165, 1.54) is 17.4 Å². The number of hydrogen-bond acceptors (Lipinski definition) is 4. The van der Waals surface area contributed by atoms with Crippen LogP contribution >= 0.6 is 11.3 Å². The molecular weight excluding hydrogens is 360 g/mol. The molecule has 6 heteroatoms. The predicted octanol–water partition coefficient (Wildman–Crippen LogP) is 3.49. The molecule has 3 N–H and O–H groups in total. The molecule has 0 fully saturated rings. The smallest absolute Gasteiger partial charge is 0.261 e. The van der Waals surface area contributed by atoms with Gasteiger partial charge in [-0.2, -0.15) is 0 Å². The Hall–Kier alpha value is -2.96. The van der Waals surface area contributed by atoms with E-state index in [0.29, 0.717) is 30.2 Å². The third-order valence-corrected chi connectivity index (χ3v) is 4.89. The first kappa shape index (κ1) is 18.8. The quantitative estimate of drug-likeness (QED) is 0.628. The molecule has 0 unspecified atom stereocenters. The minimum Gasteiger partial charge on any atom is -0.372 e. The number of ether oxygens (including phenoxy) is 1. The largest absolute Gasteiger partial charge is 0.372 e. The first-order valence-electron chi connectivity index (χ1n) is 8.48. The first-order chi connectivity index (χ1) is 13.1. The second-order valence-electron chi connectivity index (χ2n) is 6.04. The number of nitrogens with two attached hydrogens (primary N) is 1. The summed E-state index contributed by atoms with van der Waals surface area (Å²) in [5.41, 5.74) is 8.76. The van der Waals surface area contributed by atoms with Crippen LogP contribution < -0.4 is 11.1 Å². The summed E-state index contributed by atoms with van der Waals surface area (Å²) in [6.45, 7) is 1.52. The Morgan fingerprint density at radius 1 is 0.926 bits per heavy atom. The highest BCUT2D eigenvalue weighted by atomic mass is 32.1. The number of hydrogen-bond donors (Lipinski definition) is 2. The highest BCUT2D eigenvalue weighted by molar-refractivity contribution is 7.12. The Bertz CT molecular complexity index is 905. The number of carbonyl (C=O) groups is 2. The van der Waals surface area contributed by atoms with Gasteiger partial charge in [-0.3, -0.25) is 9.59 Å². The molecule has 1 heterocycles. The van der Waals surface area contributed by atoms with Gasteiger partial charge in [-0.25, -0.2) is 0 Å². The van der Waals surface area contributed by atoms with Crippen molar-refractivity contribution >= 4 is 23.2 Å². The van der Waals surface area contributed by atoms with E-state index in [4.69, 9.17) is 10.5 Å². The third kappa shape index (κ3) is 5.51. The monoisotopic (exact) mass is 380 g/mol. The molecule has 0 spiro atoms. The van der Waals surface area contributed by atoms with Crippen molar-refractivity contribution in [2.24, 2.45) is 5.73 Å². The average Bonchev–Trinajstić information content (AvgIpc) is 3.19. The van der Waals surface area contributed by atoms with Crippen molar-refractivity contribution in [3.8, 4) is 0 Å². The number of amides is 2. The highest BCUT2D eigenvalue weighted by Gasteiger charge is 2.11. The molecular formula is C21H20N2O3S. The summed E-state index contributed by atoms with van der Waals surface area (Å²) in [7, 11) is 0. The standard InChI is InChI=1S/C21H20N2O3S/c22-20(24)18-10-19(27-14-18)21(25)23-11-15-6-8-17(9-7-15)13-26-12-16-4-2-1-3-5-16/h1-10,14H,11-13H2,(H2,22,24)(H,23,25). The molecule has 27 heavy (non-hydrogen) atoms. The van der Waals surface area contributed by atoms with E-state index < -0.39 is 5.91 Å². The average molecular weight is 380 g/mol. The summed E-state index contributed by atoms with van der Waals surface area (Å²) in [5.74, 6) is -0.752. The number of thiophene rings is 1. The predicted molar refractivity (Wildman–Crippen MR) is 105 cm³/mol. The number of primary amides is 1. The summed E-state index contributed by atoms with van der Waals surface area (Å²) in [5, 5.41) is 4.42. The molecule has 0 atom stereocenters. The minimum atomic E-state index is -0.532. The van der Waals surface area contributed by atoms with Crippen LogP contribution in [0, 0.1) is 0 Å². The van der Waals surface area contributed by atoms with Crippen molar-refractivity contribution in [3.63, 3.8) is 0 Å². The van der Waals surface area contributed by atoms with Crippen LogP contribution in [0.15, 0.2) is 66.0 Å². The molecule has 0 aliphatic carbocycles. The van der Waals surface area contributed by atoms with Crippen LogP contribution in [-0.2, 0) is 24.5 Å².